The van der Waals surface area contributed by atoms with Crippen LogP contribution in [-0.4, -0.2) is 30.6 Å². The second kappa shape index (κ2) is 6.25. The average Bonchev–Trinajstić information content (AvgIpc) is 2.30. The number of halogens is 1. The van der Waals surface area contributed by atoms with E-state index in [1.54, 1.807) is 26.8 Å². The Morgan fingerprint density at radius 3 is 2.32 bits per heavy atom. The Morgan fingerprint density at radius 2 is 1.84 bits per heavy atom. The second-order valence-electron chi connectivity index (χ2n) is 5.62. The van der Waals surface area contributed by atoms with E-state index < -0.39 is 14.6 Å². The van der Waals surface area contributed by atoms with Gasteiger partial charge in [-0.2, -0.15) is 0 Å². The lowest BCUT2D eigenvalue weighted by atomic mass is 9.97. The van der Waals surface area contributed by atoms with Crippen molar-refractivity contribution in [1.82, 2.24) is 0 Å². The van der Waals surface area contributed by atoms with Crippen LogP contribution in [0.1, 0.15) is 38.7 Å². The van der Waals surface area contributed by atoms with Gasteiger partial charge in [0.2, 0.25) is 0 Å². The lowest BCUT2D eigenvalue weighted by Crippen LogP contribution is -2.31. The zero-order chi connectivity index (χ0) is 14.7. The third-order valence-corrected chi connectivity index (χ3v) is 6.22. The highest BCUT2D eigenvalue weighted by atomic mass is 35.5. The maximum atomic E-state index is 12.1. The van der Waals surface area contributed by atoms with Crippen molar-refractivity contribution < 1.29 is 13.5 Å². The van der Waals surface area contributed by atoms with Gasteiger partial charge in [-0.1, -0.05) is 29.8 Å². The molecule has 0 amide bonds. The highest BCUT2D eigenvalue weighted by molar-refractivity contribution is 7.92. The summed E-state index contributed by atoms with van der Waals surface area (Å²) in [6.07, 6.45) is 0.375. The van der Waals surface area contributed by atoms with Crippen LogP contribution < -0.4 is 0 Å². The molecule has 1 aromatic rings. The third kappa shape index (κ3) is 4.20. The summed E-state index contributed by atoms with van der Waals surface area (Å²) in [5.41, 5.74) is 0.802. The van der Waals surface area contributed by atoms with Crippen LogP contribution >= 0.6 is 11.6 Å². The Morgan fingerprint density at radius 1 is 1.26 bits per heavy atom. The molecule has 0 bridgehead atoms. The maximum absolute atomic E-state index is 12.1. The molecule has 0 aliphatic rings. The zero-order valence-electron chi connectivity index (χ0n) is 11.6. The Balaban J connectivity index is 2.84. The quantitative estimate of drug-likeness (QED) is 0.909. The van der Waals surface area contributed by atoms with Gasteiger partial charge < -0.3 is 5.11 Å². The summed E-state index contributed by atoms with van der Waals surface area (Å²) in [5.74, 6) is -0.196. The number of rotatable bonds is 5. The monoisotopic (exact) mass is 304 g/mol. The molecule has 0 aliphatic heterocycles. The van der Waals surface area contributed by atoms with Crippen LogP contribution in [0.4, 0.5) is 0 Å². The van der Waals surface area contributed by atoms with Crippen molar-refractivity contribution in [2.24, 2.45) is 0 Å². The Bertz CT molecular complexity index is 518. The van der Waals surface area contributed by atoms with Gasteiger partial charge in [0.15, 0.2) is 9.84 Å². The lowest BCUT2D eigenvalue weighted by Gasteiger charge is -2.22. The highest BCUT2D eigenvalue weighted by Crippen LogP contribution is 2.28. The molecule has 1 rings (SSSR count). The largest absolute Gasteiger partial charge is 0.396 e. The van der Waals surface area contributed by atoms with Crippen LogP contribution in [-0.2, 0) is 9.84 Å². The minimum Gasteiger partial charge on any atom is -0.396 e. The van der Waals surface area contributed by atoms with Gasteiger partial charge in [0, 0.05) is 10.9 Å². The van der Waals surface area contributed by atoms with E-state index in [0.29, 0.717) is 11.4 Å². The fourth-order valence-corrected chi connectivity index (χ4v) is 3.25. The minimum absolute atomic E-state index is 0.0486. The average molecular weight is 305 g/mol. The van der Waals surface area contributed by atoms with Gasteiger partial charge in [-0.25, -0.2) is 8.42 Å². The summed E-state index contributed by atoms with van der Waals surface area (Å²) in [6.45, 7) is 4.95. The second-order valence-corrected chi connectivity index (χ2v) is 8.89. The van der Waals surface area contributed by atoms with E-state index in [9.17, 15) is 13.5 Å². The van der Waals surface area contributed by atoms with Crippen LogP contribution in [0.5, 0.6) is 0 Å². The Hall–Kier alpha value is -0.580. The molecule has 1 unspecified atom stereocenters. The number of hydrogen-bond donors (Lipinski definition) is 1. The minimum atomic E-state index is -3.18. The molecule has 0 saturated heterocycles. The van der Waals surface area contributed by atoms with Gasteiger partial charge in [0.1, 0.15) is 0 Å². The van der Waals surface area contributed by atoms with Crippen molar-refractivity contribution in [3.05, 3.63) is 34.9 Å². The van der Waals surface area contributed by atoms with Crippen LogP contribution in [0.25, 0.3) is 0 Å². The molecule has 1 aromatic carbocycles. The molecule has 19 heavy (non-hydrogen) atoms. The predicted molar refractivity (Wildman–Crippen MR) is 79.4 cm³/mol. The summed E-state index contributed by atoms with van der Waals surface area (Å²) in [5, 5.41) is 10.0. The van der Waals surface area contributed by atoms with Gasteiger partial charge in [-0.05, 0) is 38.8 Å². The molecule has 5 heteroatoms. The maximum Gasteiger partial charge on any atom is 0.155 e. The molecule has 108 valence electrons. The molecule has 0 aliphatic carbocycles. The topological polar surface area (TPSA) is 54.4 Å². The molecule has 0 spiro atoms. The van der Waals surface area contributed by atoms with Crippen LogP contribution in [0.3, 0.4) is 0 Å². The molecular formula is C14H21ClO3S. The Kier molecular flexibility index (Phi) is 5.42. The van der Waals surface area contributed by atoms with E-state index in [0.717, 1.165) is 5.56 Å². The summed E-state index contributed by atoms with van der Waals surface area (Å²) < 4.78 is 23.4. The van der Waals surface area contributed by atoms with Crippen LogP contribution in [0, 0.1) is 0 Å². The van der Waals surface area contributed by atoms with Crippen LogP contribution in [0.15, 0.2) is 24.3 Å². The van der Waals surface area contributed by atoms with Gasteiger partial charge >= 0.3 is 0 Å². The van der Waals surface area contributed by atoms with Gasteiger partial charge in [-0.3, -0.25) is 0 Å². The highest BCUT2D eigenvalue weighted by Gasteiger charge is 2.29. The van der Waals surface area contributed by atoms with Crippen molar-refractivity contribution >= 4 is 21.4 Å². The van der Waals surface area contributed by atoms with Crippen molar-refractivity contribution in [2.45, 2.75) is 37.9 Å². The van der Waals surface area contributed by atoms with Crippen LogP contribution in [0.2, 0.25) is 5.02 Å². The molecular weight excluding hydrogens is 284 g/mol. The third-order valence-electron chi connectivity index (χ3n) is 3.23. The normalized spacial score (nSPS) is 14.4. The van der Waals surface area contributed by atoms with E-state index >= 15 is 0 Å². The predicted octanol–water partition coefficient (Wildman–Crippen LogP) is 3.02. The zero-order valence-corrected chi connectivity index (χ0v) is 13.1. The first kappa shape index (κ1) is 16.5. The van der Waals surface area contributed by atoms with Crippen molar-refractivity contribution in [3.63, 3.8) is 0 Å². The standard InChI is InChI=1S/C14H21ClO3S/c1-14(2,3)19(17,18)9-8-11(10-16)12-6-4-5-7-13(12)15/h4-7,11,16H,8-10H2,1-3H3. The number of hydrogen-bond acceptors (Lipinski definition) is 3. The van der Waals surface area contributed by atoms with Crippen molar-refractivity contribution in [3.8, 4) is 0 Å². The first-order valence-electron chi connectivity index (χ1n) is 6.26. The number of sulfone groups is 1. The molecule has 0 heterocycles. The van der Waals surface area contributed by atoms with E-state index in [1.807, 2.05) is 18.2 Å². The fourth-order valence-electron chi connectivity index (χ4n) is 1.75. The van der Waals surface area contributed by atoms with E-state index in [4.69, 9.17) is 11.6 Å². The number of benzene rings is 1. The molecule has 0 saturated carbocycles. The fraction of sp³-hybridized carbons (Fsp3) is 0.571. The SMILES string of the molecule is CC(C)(C)S(=O)(=O)CCC(CO)c1ccccc1Cl. The molecule has 0 radical (unpaired) electrons. The lowest BCUT2D eigenvalue weighted by molar-refractivity contribution is 0.262. The van der Waals surface area contributed by atoms with Gasteiger partial charge in [0.25, 0.3) is 0 Å². The molecule has 3 nitrogen and oxygen atoms in total. The number of aliphatic hydroxyl groups excluding tert-OH is 1. The molecule has 0 fully saturated rings. The smallest absolute Gasteiger partial charge is 0.155 e. The van der Waals surface area contributed by atoms with Crippen molar-refractivity contribution in [1.29, 1.82) is 0 Å². The van der Waals surface area contributed by atoms with Crippen molar-refractivity contribution in [2.75, 3.05) is 12.4 Å². The van der Waals surface area contributed by atoms with E-state index in [-0.39, 0.29) is 18.3 Å². The summed E-state index contributed by atoms with van der Waals surface area (Å²) in [4.78, 5) is 0. The Labute approximate surface area is 120 Å². The summed E-state index contributed by atoms with van der Waals surface area (Å²) in [6, 6.07) is 7.22. The molecule has 1 N–H and O–H groups in total. The van der Waals surface area contributed by atoms with E-state index in [2.05, 4.69) is 0 Å². The van der Waals surface area contributed by atoms with Gasteiger partial charge in [0.05, 0.1) is 17.1 Å². The van der Waals surface area contributed by atoms with Gasteiger partial charge in [-0.15, -0.1) is 0 Å². The summed E-state index contributed by atoms with van der Waals surface area (Å²) in [7, 11) is -3.18. The number of aliphatic hydroxyl groups is 1. The first-order valence-corrected chi connectivity index (χ1v) is 8.29. The first-order chi connectivity index (χ1) is 8.69. The van der Waals surface area contributed by atoms with E-state index in [1.165, 1.54) is 0 Å². The molecule has 1 atom stereocenters. The molecule has 0 aromatic heterocycles. The summed E-state index contributed by atoms with van der Waals surface area (Å²) >= 11 is 6.08.